The Kier molecular flexibility index (Phi) is 3.72. The lowest BCUT2D eigenvalue weighted by Gasteiger charge is -2.43. The van der Waals surface area contributed by atoms with Crippen LogP contribution in [-0.4, -0.2) is 50.6 Å². The van der Waals surface area contributed by atoms with Crippen LogP contribution in [0.3, 0.4) is 0 Å². The Bertz CT molecular complexity index is 1510. The van der Waals surface area contributed by atoms with E-state index in [4.69, 9.17) is 14.0 Å². The Morgan fingerprint density at radius 2 is 2.03 bits per heavy atom. The normalized spacial score (nSPS) is 23.0. The number of hydrogen-bond donors (Lipinski definition) is 3. The van der Waals surface area contributed by atoms with E-state index in [1.807, 2.05) is 0 Å². The number of methoxy groups -OCH3 is 1. The number of fused-ring (bicyclic) bond motifs is 4. The van der Waals surface area contributed by atoms with Crippen molar-refractivity contribution < 1.29 is 38.9 Å². The topological polar surface area (TPSA) is 148 Å². The van der Waals surface area contributed by atoms with Gasteiger partial charge in [-0.25, -0.2) is 14.3 Å². The van der Waals surface area contributed by atoms with Crippen molar-refractivity contribution in [2.75, 3.05) is 7.11 Å². The summed E-state index contributed by atoms with van der Waals surface area (Å²) >= 11 is 0. The van der Waals surface area contributed by atoms with E-state index in [1.165, 1.54) is 10.8 Å². The summed E-state index contributed by atoms with van der Waals surface area (Å²) in [7, 11) is 1.08. The number of nitrogens with zero attached hydrogens (tertiary/aromatic N) is 1. The van der Waals surface area contributed by atoms with Gasteiger partial charge in [0.25, 0.3) is 5.60 Å². The molecule has 0 fully saturated rings. The molecule has 3 aromatic rings. The molecule has 1 aliphatic carbocycles. The standard InChI is InChI=1S/C23H17NO9/c1-31-22(30)23-14(26)6-5-12(25)17(23)20(28)16-13(32-23)7-9-8-24-18-10(15(9)19(16)27)3-2-4-11(18)21(29)33-24/h2-4,7,14,25-27H,5-6,8H2,1H3/t14-,23-/m0/s1. The maximum absolute atomic E-state index is 13.6. The molecule has 168 valence electrons. The first-order valence-electron chi connectivity index (χ1n) is 10.2. The van der Waals surface area contributed by atoms with E-state index in [9.17, 15) is 29.7 Å². The van der Waals surface area contributed by atoms with E-state index in [2.05, 4.69) is 0 Å². The number of benzene rings is 2. The average molecular weight is 451 g/mol. The number of para-hydroxylation sites is 1. The molecule has 3 heterocycles. The molecule has 3 N–H and O–H groups in total. The molecule has 1 aromatic heterocycles. The molecule has 0 bridgehead atoms. The molecule has 6 rings (SSSR count). The van der Waals surface area contributed by atoms with Gasteiger partial charge in [0.15, 0.2) is 0 Å². The van der Waals surface area contributed by atoms with Gasteiger partial charge in [-0.1, -0.05) is 12.1 Å². The van der Waals surface area contributed by atoms with E-state index in [0.29, 0.717) is 27.6 Å². The first-order valence-corrected chi connectivity index (χ1v) is 10.2. The summed E-state index contributed by atoms with van der Waals surface area (Å²) in [5.74, 6) is -2.87. The maximum atomic E-state index is 13.6. The summed E-state index contributed by atoms with van der Waals surface area (Å²) in [6, 6.07) is 6.39. The minimum Gasteiger partial charge on any atom is -0.512 e. The van der Waals surface area contributed by atoms with Gasteiger partial charge in [0.2, 0.25) is 5.78 Å². The van der Waals surface area contributed by atoms with Crippen molar-refractivity contribution in [2.45, 2.75) is 31.1 Å². The molecular formula is C23H17NO9. The Labute approximate surface area is 184 Å². The van der Waals surface area contributed by atoms with Crippen molar-refractivity contribution in [3.05, 3.63) is 57.1 Å². The molecule has 2 aromatic carbocycles. The second kappa shape index (κ2) is 6.26. The van der Waals surface area contributed by atoms with Crippen molar-refractivity contribution >= 4 is 22.7 Å². The largest absolute Gasteiger partial charge is 0.512 e. The molecule has 33 heavy (non-hydrogen) atoms. The SMILES string of the molecule is COC(=O)[C@@]12Oc3cc4c(c(O)c3C(=O)C1=C(O)CC[C@@H]2O)-c1cccc2c(=O)on(c12)C4. The van der Waals surface area contributed by atoms with E-state index in [1.54, 1.807) is 18.2 Å². The first kappa shape index (κ1) is 19.6. The molecular weight excluding hydrogens is 434 g/mol. The molecule has 2 atom stereocenters. The number of aliphatic hydroxyl groups excluding tert-OH is 2. The number of carbonyl (C=O) groups excluding carboxylic acids is 2. The van der Waals surface area contributed by atoms with Crippen molar-refractivity contribution in [3.8, 4) is 22.6 Å². The molecule has 0 amide bonds. The van der Waals surface area contributed by atoms with Crippen LogP contribution in [0.5, 0.6) is 11.5 Å². The predicted molar refractivity (Wildman–Crippen MR) is 111 cm³/mol. The van der Waals surface area contributed by atoms with Crippen molar-refractivity contribution in [3.63, 3.8) is 0 Å². The number of rotatable bonds is 1. The van der Waals surface area contributed by atoms with E-state index in [-0.39, 0.29) is 30.7 Å². The van der Waals surface area contributed by atoms with Gasteiger partial charge in [0.05, 0.1) is 30.1 Å². The van der Waals surface area contributed by atoms with Gasteiger partial charge in [-0.2, -0.15) is 0 Å². The Morgan fingerprint density at radius 3 is 2.79 bits per heavy atom. The van der Waals surface area contributed by atoms with E-state index >= 15 is 0 Å². The molecule has 0 spiro atoms. The number of ether oxygens (including phenoxy) is 2. The van der Waals surface area contributed by atoms with E-state index < -0.39 is 46.2 Å². The van der Waals surface area contributed by atoms with Crippen LogP contribution >= 0.6 is 0 Å². The number of Topliss-reactive ketones (excluding diaryl/α,β-unsaturated/α-hetero) is 1. The Balaban J connectivity index is 1.66. The van der Waals surface area contributed by atoms with Crippen molar-refractivity contribution in [1.82, 2.24) is 4.74 Å². The monoisotopic (exact) mass is 451 g/mol. The number of carbonyl (C=O) groups is 2. The zero-order valence-electron chi connectivity index (χ0n) is 17.2. The lowest BCUT2D eigenvalue weighted by molar-refractivity contribution is -0.167. The van der Waals surface area contributed by atoms with Crippen LogP contribution in [0.25, 0.3) is 22.0 Å². The molecule has 0 radical (unpaired) electrons. The summed E-state index contributed by atoms with van der Waals surface area (Å²) in [6.45, 7) is 0.0607. The second-order valence-electron chi connectivity index (χ2n) is 8.28. The predicted octanol–water partition coefficient (Wildman–Crippen LogP) is 1.78. The van der Waals surface area contributed by atoms with Gasteiger partial charge in [-0.05, 0) is 24.1 Å². The molecule has 0 unspecified atom stereocenters. The molecule has 10 nitrogen and oxygen atoms in total. The van der Waals surface area contributed by atoms with Gasteiger partial charge in [-0.3, -0.25) is 4.79 Å². The number of aliphatic hydroxyl groups is 2. The third kappa shape index (κ3) is 2.23. The minimum absolute atomic E-state index is 0.0378. The Morgan fingerprint density at radius 1 is 1.24 bits per heavy atom. The number of aromatic nitrogens is 1. The van der Waals surface area contributed by atoms with Gasteiger partial charge in [0.1, 0.15) is 28.9 Å². The molecule has 3 aliphatic rings. The lowest BCUT2D eigenvalue weighted by Crippen LogP contribution is -2.61. The number of aromatic hydroxyl groups is 1. The fraction of sp³-hybridized carbons (Fsp3) is 0.261. The van der Waals surface area contributed by atoms with Gasteiger partial charge < -0.3 is 29.3 Å². The van der Waals surface area contributed by atoms with Gasteiger partial charge in [-0.15, -0.1) is 0 Å². The summed E-state index contributed by atoms with van der Waals surface area (Å²) in [5, 5.41) is 32.8. The average Bonchev–Trinajstić information content (AvgIpc) is 3.11. The number of allylic oxidation sites excluding steroid dienone is 1. The van der Waals surface area contributed by atoms with Gasteiger partial charge in [0, 0.05) is 17.5 Å². The highest BCUT2D eigenvalue weighted by Crippen LogP contribution is 2.52. The quantitative estimate of drug-likeness (QED) is 0.368. The zero-order chi connectivity index (χ0) is 23.2. The summed E-state index contributed by atoms with van der Waals surface area (Å²) in [4.78, 5) is 38.6. The van der Waals surface area contributed by atoms with Crippen LogP contribution in [0.15, 0.2) is 44.9 Å². The summed E-state index contributed by atoms with van der Waals surface area (Å²) in [5.41, 5.74) is -1.75. The fourth-order valence-corrected chi connectivity index (χ4v) is 5.19. The highest BCUT2D eigenvalue weighted by Gasteiger charge is 2.61. The Hall–Kier alpha value is -4.05. The minimum atomic E-state index is -2.26. The third-order valence-corrected chi connectivity index (χ3v) is 6.63. The molecule has 10 heteroatoms. The van der Waals surface area contributed by atoms with E-state index in [0.717, 1.165) is 7.11 Å². The van der Waals surface area contributed by atoms with Crippen LogP contribution in [-0.2, 0) is 16.1 Å². The molecule has 0 saturated carbocycles. The van der Waals surface area contributed by atoms with Crippen LogP contribution in [0.1, 0.15) is 28.8 Å². The van der Waals surface area contributed by atoms with Crippen LogP contribution in [0.4, 0.5) is 0 Å². The number of phenols is 1. The molecule has 0 saturated heterocycles. The lowest BCUT2D eigenvalue weighted by atomic mass is 9.73. The summed E-state index contributed by atoms with van der Waals surface area (Å²) < 4.78 is 17.4. The van der Waals surface area contributed by atoms with Crippen molar-refractivity contribution in [1.29, 1.82) is 0 Å². The van der Waals surface area contributed by atoms with Crippen LogP contribution in [0, 0.1) is 0 Å². The zero-order valence-corrected chi connectivity index (χ0v) is 17.2. The fourth-order valence-electron chi connectivity index (χ4n) is 5.19. The van der Waals surface area contributed by atoms with Crippen molar-refractivity contribution in [2.24, 2.45) is 0 Å². The second-order valence-corrected chi connectivity index (χ2v) is 8.28. The highest BCUT2D eigenvalue weighted by atomic mass is 16.6. The highest BCUT2D eigenvalue weighted by molar-refractivity contribution is 6.20. The number of hydrogen-bond acceptors (Lipinski definition) is 9. The number of ketones is 1. The van der Waals surface area contributed by atoms with Gasteiger partial charge >= 0.3 is 11.6 Å². The number of phenolic OH excluding ortho intramolecular Hbond substituents is 1. The first-order chi connectivity index (χ1) is 15.8. The molecule has 2 aliphatic heterocycles. The summed E-state index contributed by atoms with van der Waals surface area (Å²) in [6.07, 6.45) is -1.55. The third-order valence-electron chi connectivity index (χ3n) is 6.63. The van der Waals surface area contributed by atoms with Crippen LogP contribution < -0.4 is 10.4 Å². The smallest absolute Gasteiger partial charge is 0.365 e. The van der Waals surface area contributed by atoms with Crippen LogP contribution in [0.2, 0.25) is 0 Å². The number of esters is 1. The maximum Gasteiger partial charge on any atom is 0.365 e.